The van der Waals surface area contributed by atoms with Crippen molar-refractivity contribution in [3.05, 3.63) is 35.1 Å². The van der Waals surface area contributed by atoms with Gasteiger partial charge in [-0.15, -0.1) is 12.4 Å². The summed E-state index contributed by atoms with van der Waals surface area (Å²) in [5.41, 5.74) is 5.49. The monoisotopic (exact) mass is 309 g/mol. The third-order valence-electron chi connectivity index (χ3n) is 3.88. The molecule has 3 N–H and O–H groups in total. The molecular formula is C14H19ClF3NO. The van der Waals surface area contributed by atoms with Gasteiger partial charge in [0, 0.05) is 11.6 Å². The summed E-state index contributed by atoms with van der Waals surface area (Å²) in [6.45, 7) is 0. The van der Waals surface area contributed by atoms with E-state index in [4.69, 9.17) is 5.73 Å². The lowest BCUT2D eigenvalue weighted by molar-refractivity contribution is 0.0605. The zero-order valence-corrected chi connectivity index (χ0v) is 11.8. The van der Waals surface area contributed by atoms with Crippen LogP contribution in [0.5, 0.6) is 0 Å². The maximum absolute atomic E-state index is 13.6. The molecule has 6 heteroatoms. The molecule has 0 unspecified atom stereocenters. The second-order valence-electron chi connectivity index (χ2n) is 5.21. The number of nitrogens with two attached hydrogens (primary N) is 1. The fourth-order valence-corrected chi connectivity index (χ4v) is 2.77. The fraction of sp³-hybridized carbons (Fsp3) is 0.571. The predicted octanol–water partition coefficient (Wildman–Crippen LogP) is 3.47. The van der Waals surface area contributed by atoms with Gasteiger partial charge < -0.3 is 10.8 Å². The Morgan fingerprint density at radius 3 is 2.30 bits per heavy atom. The summed E-state index contributed by atoms with van der Waals surface area (Å²) in [5.74, 6) is -3.38. The molecule has 20 heavy (non-hydrogen) atoms. The first-order chi connectivity index (χ1) is 9.00. The molecule has 1 aliphatic carbocycles. The molecule has 0 bridgehead atoms. The molecule has 0 heterocycles. The molecule has 0 spiro atoms. The zero-order chi connectivity index (χ0) is 14.0. The average Bonchev–Trinajstić information content (AvgIpc) is 2.42. The van der Waals surface area contributed by atoms with Crippen LogP contribution in [0.25, 0.3) is 0 Å². The van der Waals surface area contributed by atoms with Gasteiger partial charge in [0.2, 0.25) is 0 Å². The van der Waals surface area contributed by atoms with Crippen molar-refractivity contribution in [3.8, 4) is 0 Å². The van der Waals surface area contributed by atoms with Crippen LogP contribution >= 0.6 is 12.4 Å². The normalized spacial score (nSPS) is 19.2. The maximum Gasteiger partial charge on any atom is 0.163 e. The van der Waals surface area contributed by atoms with Crippen molar-refractivity contribution in [1.82, 2.24) is 0 Å². The number of hydrogen-bond acceptors (Lipinski definition) is 2. The Bertz CT molecular complexity index is 452. The van der Waals surface area contributed by atoms with E-state index >= 15 is 0 Å². The SMILES string of the molecule is Cl.N[C@@H](c1cc(F)cc(F)c1F)[C@H](O)C1CCCCC1. The highest BCUT2D eigenvalue weighted by atomic mass is 35.5. The smallest absolute Gasteiger partial charge is 0.163 e. The Hall–Kier alpha value is -0.780. The molecule has 2 atom stereocenters. The molecule has 1 fully saturated rings. The van der Waals surface area contributed by atoms with Crippen molar-refractivity contribution in [1.29, 1.82) is 0 Å². The lowest BCUT2D eigenvalue weighted by Crippen LogP contribution is -2.35. The Balaban J connectivity index is 0.00000200. The highest BCUT2D eigenvalue weighted by molar-refractivity contribution is 5.85. The number of halogens is 4. The molecule has 0 aromatic heterocycles. The summed E-state index contributed by atoms with van der Waals surface area (Å²) in [5, 5.41) is 10.2. The molecular weight excluding hydrogens is 291 g/mol. The summed E-state index contributed by atoms with van der Waals surface area (Å²) in [7, 11) is 0. The van der Waals surface area contributed by atoms with Gasteiger partial charge in [-0.05, 0) is 24.8 Å². The molecule has 0 saturated heterocycles. The van der Waals surface area contributed by atoms with Crippen LogP contribution in [-0.4, -0.2) is 11.2 Å². The quantitative estimate of drug-likeness (QED) is 0.840. The van der Waals surface area contributed by atoms with Crippen LogP contribution in [-0.2, 0) is 0 Å². The van der Waals surface area contributed by atoms with E-state index in [2.05, 4.69) is 0 Å². The van der Waals surface area contributed by atoms with Crippen LogP contribution in [0.4, 0.5) is 13.2 Å². The summed E-state index contributed by atoms with van der Waals surface area (Å²) in [6.07, 6.45) is 3.75. The van der Waals surface area contributed by atoms with Gasteiger partial charge in [0.05, 0.1) is 12.1 Å². The van der Waals surface area contributed by atoms with E-state index in [1.165, 1.54) is 0 Å². The summed E-state index contributed by atoms with van der Waals surface area (Å²) < 4.78 is 39.9. The third-order valence-corrected chi connectivity index (χ3v) is 3.88. The number of aliphatic hydroxyl groups excluding tert-OH is 1. The fourth-order valence-electron chi connectivity index (χ4n) is 2.77. The van der Waals surface area contributed by atoms with E-state index in [9.17, 15) is 18.3 Å². The van der Waals surface area contributed by atoms with E-state index in [0.29, 0.717) is 6.07 Å². The van der Waals surface area contributed by atoms with E-state index in [1.54, 1.807) is 0 Å². The minimum atomic E-state index is -1.28. The van der Waals surface area contributed by atoms with Gasteiger partial charge in [-0.3, -0.25) is 0 Å². The molecule has 0 amide bonds. The van der Waals surface area contributed by atoms with E-state index in [0.717, 1.165) is 38.2 Å². The second-order valence-corrected chi connectivity index (χ2v) is 5.21. The zero-order valence-electron chi connectivity index (χ0n) is 11.0. The Kier molecular flexibility index (Phi) is 6.30. The highest BCUT2D eigenvalue weighted by Gasteiger charge is 2.30. The van der Waals surface area contributed by atoms with Gasteiger partial charge in [0.15, 0.2) is 11.6 Å². The molecule has 1 aromatic carbocycles. The first-order valence-electron chi connectivity index (χ1n) is 6.59. The van der Waals surface area contributed by atoms with Gasteiger partial charge in [0.25, 0.3) is 0 Å². The maximum atomic E-state index is 13.6. The first-order valence-corrected chi connectivity index (χ1v) is 6.59. The van der Waals surface area contributed by atoms with Crippen LogP contribution < -0.4 is 5.73 Å². The minimum absolute atomic E-state index is 0. The van der Waals surface area contributed by atoms with E-state index in [-0.39, 0.29) is 23.9 Å². The average molecular weight is 310 g/mol. The largest absolute Gasteiger partial charge is 0.391 e. The minimum Gasteiger partial charge on any atom is -0.391 e. The van der Waals surface area contributed by atoms with Crippen molar-refractivity contribution in [2.24, 2.45) is 11.7 Å². The standard InChI is InChI=1S/C14H18F3NO.ClH/c15-9-6-10(12(17)11(16)7-9)13(18)14(19)8-4-2-1-3-5-8;/h6-8,13-14,19H,1-5,18H2;1H/t13-,14+;/m0./s1. The molecule has 114 valence electrons. The number of aliphatic hydroxyl groups is 1. The summed E-state index contributed by atoms with van der Waals surface area (Å²) in [6, 6.07) is 0.224. The summed E-state index contributed by atoms with van der Waals surface area (Å²) >= 11 is 0. The van der Waals surface area contributed by atoms with Gasteiger partial charge >= 0.3 is 0 Å². The first kappa shape index (κ1) is 17.3. The molecule has 0 aliphatic heterocycles. The molecule has 0 radical (unpaired) electrons. The third kappa shape index (κ3) is 3.65. The van der Waals surface area contributed by atoms with E-state index in [1.807, 2.05) is 0 Å². The van der Waals surface area contributed by atoms with Crippen LogP contribution in [0.15, 0.2) is 12.1 Å². The van der Waals surface area contributed by atoms with Crippen LogP contribution in [0.2, 0.25) is 0 Å². The number of hydrogen-bond donors (Lipinski definition) is 2. The van der Waals surface area contributed by atoms with Crippen molar-refractivity contribution in [2.45, 2.75) is 44.2 Å². The Morgan fingerprint density at radius 1 is 1.10 bits per heavy atom. The molecule has 1 saturated carbocycles. The van der Waals surface area contributed by atoms with Crippen LogP contribution in [0.3, 0.4) is 0 Å². The van der Waals surface area contributed by atoms with Crippen molar-refractivity contribution in [2.75, 3.05) is 0 Å². The Morgan fingerprint density at radius 2 is 1.70 bits per heavy atom. The van der Waals surface area contributed by atoms with Gasteiger partial charge in [-0.1, -0.05) is 19.3 Å². The lowest BCUT2D eigenvalue weighted by atomic mass is 9.81. The summed E-state index contributed by atoms with van der Waals surface area (Å²) in [4.78, 5) is 0. The lowest BCUT2D eigenvalue weighted by Gasteiger charge is -2.30. The van der Waals surface area contributed by atoms with Crippen LogP contribution in [0.1, 0.15) is 43.7 Å². The van der Waals surface area contributed by atoms with Gasteiger partial charge in [-0.25, -0.2) is 13.2 Å². The second kappa shape index (κ2) is 7.29. The van der Waals surface area contributed by atoms with Crippen molar-refractivity contribution in [3.63, 3.8) is 0 Å². The topological polar surface area (TPSA) is 46.2 Å². The predicted molar refractivity (Wildman–Crippen MR) is 73.1 cm³/mol. The van der Waals surface area contributed by atoms with Crippen molar-refractivity contribution >= 4 is 12.4 Å². The van der Waals surface area contributed by atoms with Crippen molar-refractivity contribution < 1.29 is 18.3 Å². The van der Waals surface area contributed by atoms with E-state index < -0.39 is 29.6 Å². The highest BCUT2D eigenvalue weighted by Crippen LogP contribution is 2.32. The Labute approximate surface area is 122 Å². The number of benzene rings is 1. The van der Waals surface area contributed by atoms with Crippen LogP contribution in [0, 0.1) is 23.4 Å². The van der Waals surface area contributed by atoms with Gasteiger partial charge in [-0.2, -0.15) is 0 Å². The van der Waals surface area contributed by atoms with Gasteiger partial charge in [0.1, 0.15) is 5.82 Å². The molecule has 1 aliphatic rings. The number of rotatable bonds is 3. The molecule has 1 aromatic rings. The molecule has 2 nitrogen and oxygen atoms in total. The molecule has 2 rings (SSSR count).